The van der Waals surface area contributed by atoms with E-state index in [4.69, 9.17) is 0 Å². The van der Waals surface area contributed by atoms with Crippen LogP contribution in [-0.2, 0) is 6.42 Å². The Labute approximate surface area is 88.7 Å². The molecule has 0 aliphatic carbocycles. The van der Waals surface area contributed by atoms with Gasteiger partial charge in [0.2, 0.25) is 0 Å². The lowest BCUT2D eigenvalue weighted by molar-refractivity contribution is 1.26. The Hall–Kier alpha value is 0.680. The van der Waals surface area contributed by atoms with E-state index in [1.165, 1.54) is 12.7 Å². The molecule has 0 aliphatic heterocycles. The van der Waals surface area contributed by atoms with E-state index in [9.17, 15) is 0 Å². The van der Waals surface area contributed by atoms with E-state index < -0.39 is 0 Å². The van der Waals surface area contributed by atoms with Crippen LogP contribution in [0.5, 0.6) is 0 Å². The van der Waals surface area contributed by atoms with Crippen molar-refractivity contribution < 1.29 is 0 Å². The van der Waals surface area contributed by atoms with Crippen molar-refractivity contribution in [1.29, 1.82) is 0 Å². The zero-order valence-electron chi connectivity index (χ0n) is 5.40. The van der Waals surface area contributed by atoms with E-state index in [2.05, 4.69) is 70.3 Å². The van der Waals surface area contributed by atoms with Crippen LogP contribution in [0.3, 0.4) is 0 Å². The molecule has 0 aromatic heterocycles. The van der Waals surface area contributed by atoms with Gasteiger partial charge in [-0.1, -0.05) is 6.07 Å². The molecular formula is C8H7I2. The predicted octanol–water partition coefficient (Wildman–Crippen LogP) is 3.27. The van der Waals surface area contributed by atoms with Gasteiger partial charge in [-0.25, -0.2) is 0 Å². The third kappa shape index (κ3) is 2.08. The Bertz CT molecular complexity index is 231. The fourth-order valence-corrected chi connectivity index (χ4v) is 1.61. The first-order valence-electron chi connectivity index (χ1n) is 2.97. The number of rotatable bonds is 1. The summed E-state index contributed by atoms with van der Waals surface area (Å²) < 4.78 is 2.63. The van der Waals surface area contributed by atoms with Gasteiger partial charge in [-0.05, 0) is 76.2 Å². The summed E-state index contributed by atoms with van der Waals surface area (Å²) in [5.74, 6) is 0. The van der Waals surface area contributed by atoms with Crippen molar-refractivity contribution in [2.24, 2.45) is 0 Å². The lowest BCUT2D eigenvalue weighted by atomic mass is 10.2. The number of hydrogen-bond acceptors (Lipinski definition) is 0. The maximum atomic E-state index is 3.82. The zero-order valence-corrected chi connectivity index (χ0v) is 9.72. The Morgan fingerprint density at radius 2 is 1.90 bits per heavy atom. The van der Waals surface area contributed by atoms with Crippen molar-refractivity contribution in [2.75, 3.05) is 0 Å². The Balaban J connectivity index is 3.04. The highest BCUT2D eigenvalue weighted by molar-refractivity contribution is 14.1. The van der Waals surface area contributed by atoms with Gasteiger partial charge in [0, 0.05) is 7.14 Å². The second-order valence-corrected chi connectivity index (χ2v) is 4.32. The van der Waals surface area contributed by atoms with Gasteiger partial charge < -0.3 is 0 Å². The molecule has 0 unspecified atom stereocenters. The van der Waals surface area contributed by atoms with Crippen LogP contribution in [0.25, 0.3) is 0 Å². The molecule has 0 bridgehead atoms. The van der Waals surface area contributed by atoms with Gasteiger partial charge in [0.25, 0.3) is 0 Å². The van der Waals surface area contributed by atoms with Crippen LogP contribution in [-0.4, -0.2) is 0 Å². The Morgan fingerprint density at radius 3 is 2.40 bits per heavy atom. The molecular weight excluding hydrogens is 350 g/mol. The van der Waals surface area contributed by atoms with E-state index >= 15 is 0 Å². The van der Waals surface area contributed by atoms with Crippen LogP contribution in [0, 0.1) is 14.1 Å². The monoisotopic (exact) mass is 357 g/mol. The molecule has 1 aromatic carbocycles. The van der Waals surface area contributed by atoms with Crippen molar-refractivity contribution >= 4 is 45.2 Å². The van der Waals surface area contributed by atoms with Crippen molar-refractivity contribution in [3.63, 3.8) is 0 Å². The van der Waals surface area contributed by atoms with E-state index in [1.54, 1.807) is 0 Å². The molecule has 53 valence electrons. The maximum absolute atomic E-state index is 3.82. The van der Waals surface area contributed by atoms with Gasteiger partial charge in [0.1, 0.15) is 0 Å². The van der Waals surface area contributed by atoms with Crippen molar-refractivity contribution in [3.8, 4) is 0 Å². The third-order valence-corrected chi connectivity index (χ3v) is 4.14. The summed E-state index contributed by atoms with van der Waals surface area (Å²) in [5, 5.41) is 0. The summed E-state index contributed by atoms with van der Waals surface area (Å²) in [7, 11) is 0. The van der Waals surface area contributed by atoms with Crippen LogP contribution in [0.2, 0.25) is 0 Å². The summed E-state index contributed by atoms with van der Waals surface area (Å²) >= 11 is 4.67. The highest BCUT2D eigenvalue weighted by Gasteiger charge is 1.95. The lowest BCUT2D eigenvalue weighted by Gasteiger charge is -1.98. The van der Waals surface area contributed by atoms with Crippen LogP contribution in [0.15, 0.2) is 18.2 Å². The van der Waals surface area contributed by atoms with Crippen molar-refractivity contribution in [3.05, 3.63) is 37.8 Å². The fraction of sp³-hybridized carbons (Fsp3) is 0.125. The molecule has 0 nitrogen and oxygen atoms in total. The van der Waals surface area contributed by atoms with Crippen LogP contribution in [0.1, 0.15) is 5.56 Å². The Kier molecular flexibility index (Phi) is 3.42. The normalized spacial score (nSPS) is 9.90. The molecule has 10 heavy (non-hydrogen) atoms. The molecule has 0 saturated heterocycles. The maximum Gasteiger partial charge on any atom is 0.0266 e. The number of hydrogen-bond donors (Lipinski definition) is 0. The van der Waals surface area contributed by atoms with E-state index in [0.717, 1.165) is 6.42 Å². The minimum absolute atomic E-state index is 0.882. The summed E-state index contributed by atoms with van der Waals surface area (Å²) in [6.45, 7) is 3.82. The molecule has 0 fully saturated rings. The molecule has 1 radical (unpaired) electrons. The average Bonchev–Trinajstić information content (AvgIpc) is 1.95. The molecule has 0 amide bonds. The van der Waals surface area contributed by atoms with Gasteiger partial charge >= 0.3 is 0 Å². The Morgan fingerprint density at radius 1 is 1.20 bits per heavy atom. The van der Waals surface area contributed by atoms with Crippen LogP contribution < -0.4 is 0 Å². The van der Waals surface area contributed by atoms with Crippen LogP contribution in [0.4, 0.5) is 0 Å². The molecule has 1 aromatic rings. The molecule has 0 N–H and O–H groups in total. The molecule has 0 saturated carbocycles. The standard InChI is InChI=1S/C8H7I2/c1-2-6-3-4-7(9)8(10)5-6/h3-5H,1-2H2. The van der Waals surface area contributed by atoms with Crippen molar-refractivity contribution in [2.45, 2.75) is 6.42 Å². The molecule has 1 rings (SSSR count). The molecule has 0 atom stereocenters. The second kappa shape index (κ2) is 3.90. The first-order chi connectivity index (χ1) is 4.74. The van der Waals surface area contributed by atoms with E-state index in [-0.39, 0.29) is 0 Å². The summed E-state index contributed by atoms with van der Waals surface area (Å²) in [6.07, 6.45) is 0.882. The zero-order chi connectivity index (χ0) is 7.56. The minimum atomic E-state index is 0.882. The fourth-order valence-electron chi connectivity index (χ4n) is 0.695. The first-order valence-corrected chi connectivity index (χ1v) is 5.13. The highest BCUT2D eigenvalue weighted by atomic mass is 127. The highest BCUT2D eigenvalue weighted by Crippen LogP contribution is 2.16. The quantitative estimate of drug-likeness (QED) is 0.677. The first kappa shape index (κ1) is 8.77. The SMILES string of the molecule is [CH2]Cc1ccc(I)c(I)c1. The smallest absolute Gasteiger partial charge is 0.0266 e. The van der Waals surface area contributed by atoms with Gasteiger partial charge in [-0.15, -0.1) is 0 Å². The van der Waals surface area contributed by atoms with Crippen LogP contribution >= 0.6 is 45.2 Å². The van der Waals surface area contributed by atoms with Gasteiger partial charge in [-0.3, -0.25) is 0 Å². The van der Waals surface area contributed by atoms with Crippen molar-refractivity contribution in [1.82, 2.24) is 0 Å². The minimum Gasteiger partial charge on any atom is -0.0579 e. The largest absolute Gasteiger partial charge is 0.0579 e. The number of halogens is 2. The summed E-state index contributed by atoms with van der Waals surface area (Å²) in [5.41, 5.74) is 1.31. The molecule has 2 heteroatoms. The molecule has 0 spiro atoms. The lowest BCUT2D eigenvalue weighted by Crippen LogP contribution is -1.83. The van der Waals surface area contributed by atoms with Gasteiger partial charge in [-0.2, -0.15) is 0 Å². The third-order valence-electron chi connectivity index (χ3n) is 1.27. The summed E-state index contributed by atoms with van der Waals surface area (Å²) in [6, 6.07) is 6.43. The predicted molar refractivity (Wildman–Crippen MR) is 60.9 cm³/mol. The topological polar surface area (TPSA) is 0 Å². The second-order valence-electron chi connectivity index (χ2n) is 2.00. The molecule has 0 aliphatic rings. The van der Waals surface area contributed by atoms with E-state index in [0.29, 0.717) is 0 Å². The summed E-state index contributed by atoms with van der Waals surface area (Å²) in [4.78, 5) is 0. The van der Waals surface area contributed by atoms with Gasteiger partial charge in [0.15, 0.2) is 0 Å². The molecule has 0 heterocycles. The van der Waals surface area contributed by atoms with Gasteiger partial charge in [0.05, 0.1) is 0 Å². The average molecular weight is 357 g/mol. The van der Waals surface area contributed by atoms with E-state index in [1.807, 2.05) is 0 Å². The number of benzene rings is 1.